The minimum atomic E-state index is 0.732. The predicted molar refractivity (Wildman–Crippen MR) is 58.6 cm³/mol. The van der Waals surface area contributed by atoms with Crippen LogP contribution in [0.15, 0.2) is 45.5 Å². The molecule has 0 aliphatic carbocycles. The molecule has 2 aliphatic heterocycles. The van der Waals surface area contributed by atoms with Gasteiger partial charge in [-0.3, -0.25) is 9.98 Å². The summed E-state index contributed by atoms with van der Waals surface area (Å²) >= 11 is 0. The molecule has 1 N–H and O–H groups in total. The van der Waals surface area contributed by atoms with Gasteiger partial charge < -0.3 is 5.32 Å². The molecule has 2 aliphatic rings. The van der Waals surface area contributed by atoms with Crippen LogP contribution in [-0.4, -0.2) is 19.0 Å². The molecule has 14 heavy (non-hydrogen) atoms. The van der Waals surface area contributed by atoms with E-state index < -0.39 is 0 Å². The van der Waals surface area contributed by atoms with Crippen molar-refractivity contribution in [2.75, 3.05) is 11.9 Å². The summed E-state index contributed by atoms with van der Waals surface area (Å²) in [6.45, 7) is 0.732. The summed E-state index contributed by atoms with van der Waals surface area (Å²) in [6.07, 6.45) is 3.72. The van der Waals surface area contributed by atoms with Gasteiger partial charge in [-0.2, -0.15) is 0 Å². The van der Waals surface area contributed by atoms with Gasteiger partial charge in [0.05, 0.1) is 17.9 Å². The highest BCUT2D eigenvalue weighted by atomic mass is 15.0. The van der Waals surface area contributed by atoms with Gasteiger partial charge in [0, 0.05) is 23.7 Å². The first-order valence-corrected chi connectivity index (χ1v) is 4.56. The first-order valence-electron chi connectivity index (χ1n) is 4.56. The van der Waals surface area contributed by atoms with E-state index in [2.05, 4.69) is 15.3 Å². The maximum absolute atomic E-state index is 4.39. The Morgan fingerprint density at radius 1 is 1.14 bits per heavy atom. The van der Waals surface area contributed by atoms with Crippen LogP contribution >= 0.6 is 0 Å². The molecule has 0 saturated carbocycles. The first-order chi connectivity index (χ1) is 6.93. The summed E-state index contributed by atoms with van der Waals surface area (Å²) in [6, 6.07) is 8.02. The van der Waals surface area contributed by atoms with Crippen LogP contribution in [0.25, 0.3) is 0 Å². The highest BCUT2D eigenvalue weighted by Crippen LogP contribution is 2.28. The number of anilines is 1. The van der Waals surface area contributed by atoms with Crippen LogP contribution in [-0.2, 0) is 0 Å². The Kier molecular flexibility index (Phi) is 1.50. The van der Waals surface area contributed by atoms with Gasteiger partial charge in [0.15, 0.2) is 0 Å². The maximum atomic E-state index is 4.39. The average Bonchev–Trinajstić information content (AvgIpc) is 2.58. The van der Waals surface area contributed by atoms with Gasteiger partial charge in [0.25, 0.3) is 0 Å². The largest absolute Gasteiger partial charge is 0.355 e. The van der Waals surface area contributed by atoms with Crippen LogP contribution in [0.3, 0.4) is 0 Å². The normalized spacial score (nSPS) is 17.4. The number of para-hydroxylation sites is 2. The summed E-state index contributed by atoms with van der Waals surface area (Å²) < 4.78 is 0. The van der Waals surface area contributed by atoms with Crippen LogP contribution in [0.5, 0.6) is 0 Å². The smallest absolute Gasteiger partial charge is 0.0864 e. The van der Waals surface area contributed by atoms with Crippen LogP contribution in [0, 0.1) is 0 Å². The highest BCUT2D eigenvalue weighted by molar-refractivity contribution is 6.08. The predicted octanol–water partition coefficient (Wildman–Crippen LogP) is 2.15. The van der Waals surface area contributed by atoms with E-state index in [1.807, 2.05) is 36.7 Å². The third-order valence-electron chi connectivity index (χ3n) is 2.36. The van der Waals surface area contributed by atoms with E-state index in [1.54, 1.807) is 0 Å². The van der Waals surface area contributed by atoms with Crippen molar-refractivity contribution in [2.24, 2.45) is 9.98 Å². The lowest BCUT2D eigenvalue weighted by Gasteiger charge is -2.07. The molecule has 2 heterocycles. The molecule has 0 radical (unpaired) electrons. The van der Waals surface area contributed by atoms with Crippen molar-refractivity contribution in [3.8, 4) is 0 Å². The Morgan fingerprint density at radius 2 is 2.07 bits per heavy atom. The van der Waals surface area contributed by atoms with Crippen molar-refractivity contribution in [1.29, 1.82) is 0 Å². The van der Waals surface area contributed by atoms with Crippen LogP contribution in [0.4, 0.5) is 11.4 Å². The first kappa shape index (κ1) is 7.50. The third-order valence-corrected chi connectivity index (χ3v) is 2.36. The molecular formula is C11H9N3. The number of hydrogen-bond donors (Lipinski definition) is 1. The number of rotatable bonds is 0. The molecule has 0 saturated heterocycles. The molecule has 0 fully saturated rings. The number of fused-ring (bicyclic) bond motifs is 1. The van der Waals surface area contributed by atoms with Crippen molar-refractivity contribution < 1.29 is 0 Å². The van der Waals surface area contributed by atoms with Gasteiger partial charge in [0.1, 0.15) is 0 Å². The van der Waals surface area contributed by atoms with Gasteiger partial charge in [0.2, 0.25) is 0 Å². The number of nitrogens with zero attached hydrogens (tertiary/aromatic N) is 2. The molecule has 0 bridgehead atoms. The molecule has 1 aromatic rings. The zero-order chi connectivity index (χ0) is 9.38. The standard InChI is InChI=1S/C11H9N3/c1-2-4-10-9(3-1)13-6-8-5-12-7-11(8)14-10/h1-6,14H,7H2. The van der Waals surface area contributed by atoms with Crippen molar-refractivity contribution in [2.45, 2.75) is 0 Å². The lowest BCUT2D eigenvalue weighted by atomic mass is 10.2. The summed E-state index contributed by atoms with van der Waals surface area (Å²) in [5.41, 5.74) is 4.26. The summed E-state index contributed by atoms with van der Waals surface area (Å²) in [5, 5.41) is 3.35. The fourth-order valence-corrected chi connectivity index (χ4v) is 1.62. The van der Waals surface area contributed by atoms with Gasteiger partial charge in [-0.25, -0.2) is 0 Å². The second-order valence-corrected chi connectivity index (χ2v) is 3.30. The van der Waals surface area contributed by atoms with Crippen LogP contribution < -0.4 is 5.32 Å². The molecular weight excluding hydrogens is 174 g/mol. The van der Waals surface area contributed by atoms with Crippen molar-refractivity contribution in [3.63, 3.8) is 0 Å². The average molecular weight is 183 g/mol. The Morgan fingerprint density at radius 3 is 3.07 bits per heavy atom. The van der Waals surface area contributed by atoms with Gasteiger partial charge in [-0.05, 0) is 12.1 Å². The van der Waals surface area contributed by atoms with E-state index in [9.17, 15) is 0 Å². The fraction of sp³-hybridized carbons (Fsp3) is 0.0909. The molecule has 3 nitrogen and oxygen atoms in total. The van der Waals surface area contributed by atoms with Crippen molar-refractivity contribution in [3.05, 3.63) is 35.5 Å². The molecule has 0 aromatic heterocycles. The Hall–Kier alpha value is -1.90. The third kappa shape index (κ3) is 1.06. The summed E-state index contributed by atoms with van der Waals surface area (Å²) in [5.74, 6) is 0. The lowest BCUT2D eigenvalue weighted by Crippen LogP contribution is -2.02. The van der Waals surface area contributed by atoms with Crippen LogP contribution in [0.1, 0.15) is 0 Å². The Labute approximate surface area is 81.9 Å². The van der Waals surface area contributed by atoms with E-state index in [-0.39, 0.29) is 0 Å². The minimum Gasteiger partial charge on any atom is -0.355 e. The Bertz CT molecular complexity index is 469. The second-order valence-electron chi connectivity index (χ2n) is 3.30. The molecule has 3 heteroatoms. The number of aliphatic imine (C=N–C) groups is 2. The SMILES string of the molecule is C1=NCC2=C1C=Nc1ccccc1N2. The van der Waals surface area contributed by atoms with Crippen LogP contribution in [0.2, 0.25) is 0 Å². The van der Waals surface area contributed by atoms with Gasteiger partial charge in [-0.1, -0.05) is 12.1 Å². The zero-order valence-corrected chi connectivity index (χ0v) is 7.57. The van der Waals surface area contributed by atoms with Crippen molar-refractivity contribution >= 4 is 23.8 Å². The second kappa shape index (κ2) is 2.80. The van der Waals surface area contributed by atoms with Crippen molar-refractivity contribution in [1.82, 2.24) is 0 Å². The number of benzene rings is 1. The monoisotopic (exact) mass is 183 g/mol. The molecule has 3 rings (SSSR count). The summed E-state index contributed by atoms with van der Waals surface area (Å²) in [4.78, 5) is 8.58. The van der Waals surface area contributed by atoms with E-state index >= 15 is 0 Å². The zero-order valence-electron chi connectivity index (χ0n) is 7.57. The lowest BCUT2D eigenvalue weighted by molar-refractivity contribution is 1.18. The van der Waals surface area contributed by atoms with E-state index in [0.717, 1.165) is 29.2 Å². The van der Waals surface area contributed by atoms with E-state index in [1.165, 1.54) is 0 Å². The molecule has 0 atom stereocenters. The van der Waals surface area contributed by atoms with E-state index in [0.29, 0.717) is 0 Å². The number of nitrogens with one attached hydrogen (secondary N) is 1. The molecule has 0 spiro atoms. The Balaban J connectivity index is 2.12. The highest BCUT2D eigenvalue weighted by Gasteiger charge is 2.13. The number of hydrogen-bond acceptors (Lipinski definition) is 3. The molecule has 68 valence electrons. The quantitative estimate of drug-likeness (QED) is 0.657. The molecule has 0 amide bonds. The number of allylic oxidation sites excluding steroid dienone is 1. The van der Waals surface area contributed by atoms with E-state index in [4.69, 9.17) is 0 Å². The summed E-state index contributed by atoms with van der Waals surface area (Å²) in [7, 11) is 0. The minimum absolute atomic E-state index is 0.732. The topological polar surface area (TPSA) is 36.8 Å². The fourth-order valence-electron chi connectivity index (χ4n) is 1.62. The van der Waals surface area contributed by atoms with Gasteiger partial charge in [-0.15, -0.1) is 0 Å². The maximum Gasteiger partial charge on any atom is 0.0864 e. The molecule has 1 aromatic carbocycles. The van der Waals surface area contributed by atoms with Gasteiger partial charge >= 0.3 is 0 Å². The molecule has 0 unspecified atom stereocenters.